The van der Waals surface area contributed by atoms with Crippen molar-refractivity contribution in [3.05, 3.63) is 23.7 Å². The average molecular weight is 179 g/mol. The Morgan fingerprint density at radius 2 is 2.31 bits per heavy atom. The highest BCUT2D eigenvalue weighted by atomic mass is 16.3. The standard InChI is InChI=1S/C11H17NO/c1-8-5-7-13-10(8)9-4-6-12-11(9,2)3/h5,7,9,12H,4,6H2,1-3H3. The van der Waals surface area contributed by atoms with Gasteiger partial charge in [-0.25, -0.2) is 0 Å². The first-order valence-corrected chi connectivity index (χ1v) is 4.90. The minimum atomic E-state index is 0.183. The summed E-state index contributed by atoms with van der Waals surface area (Å²) in [5.41, 5.74) is 1.46. The van der Waals surface area contributed by atoms with Crippen molar-refractivity contribution in [1.29, 1.82) is 0 Å². The first kappa shape index (κ1) is 8.82. The van der Waals surface area contributed by atoms with Gasteiger partial charge in [0.05, 0.1) is 6.26 Å². The van der Waals surface area contributed by atoms with Crippen molar-refractivity contribution in [2.24, 2.45) is 0 Å². The molecule has 1 N–H and O–H groups in total. The number of rotatable bonds is 1. The van der Waals surface area contributed by atoms with E-state index in [0.29, 0.717) is 5.92 Å². The molecule has 2 nitrogen and oxygen atoms in total. The monoisotopic (exact) mass is 179 g/mol. The third-order valence-electron chi connectivity index (χ3n) is 3.10. The van der Waals surface area contributed by atoms with Crippen LogP contribution in [0.5, 0.6) is 0 Å². The van der Waals surface area contributed by atoms with E-state index in [1.807, 2.05) is 6.07 Å². The molecule has 2 rings (SSSR count). The summed E-state index contributed by atoms with van der Waals surface area (Å²) in [5, 5.41) is 3.50. The van der Waals surface area contributed by atoms with E-state index in [0.717, 1.165) is 12.3 Å². The van der Waals surface area contributed by atoms with Gasteiger partial charge < -0.3 is 9.73 Å². The Balaban J connectivity index is 2.31. The molecule has 1 aliphatic heterocycles. The molecule has 0 radical (unpaired) electrons. The van der Waals surface area contributed by atoms with Crippen LogP contribution in [-0.4, -0.2) is 12.1 Å². The molecule has 72 valence electrons. The SMILES string of the molecule is Cc1ccoc1C1CCNC1(C)C. The van der Waals surface area contributed by atoms with Crippen molar-refractivity contribution >= 4 is 0 Å². The second-order valence-corrected chi connectivity index (χ2v) is 4.46. The molecule has 13 heavy (non-hydrogen) atoms. The predicted octanol–water partition coefficient (Wildman–Crippen LogP) is 2.44. The highest BCUT2D eigenvalue weighted by Gasteiger charge is 2.37. The molecule has 0 saturated carbocycles. The molecule has 0 aliphatic carbocycles. The van der Waals surface area contributed by atoms with E-state index in [2.05, 4.69) is 26.1 Å². The van der Waals surface area contributed by atoms with Crippen LogP contribution in [0.1, 0.15) is 37.5 Å². The van der Waals surface area contributed by atoms with E-state index in [-0.39, 0.29) is 5.54 Å². The van der Waals surface area contributed by atoms with Crippen LogP contribution in [0, 0.1) is 6.92 Å². The Morgan fingerprint density at radius 3 is 2.77 bits per heavy atom. The molecule has 0 aromatic carbocycles. The minimum Gasteiger partial charge on any atom is -0.469 e. The fraction of sp³-hybridized carbons (Fsp3) is 0.636. The van der Waals surface area contributed by atoms with E-state index in [1.165, 1.54) is 12.0 Å². The van der Waals surface area contributed by atoms with Crippen LogP contribution in [0.4, 0.5) is 0 Å². The summed E-state index contributed by atoms with van der Waals surface area (Å²) >= 11 is 0. The van der Waals surface area contributed by atoms with Crippen LogP contribution in [0.15, 0.2) is 16.7 Å². The fourth-order valence-corrected chi connectivity index (χ4v) is 2.22. The second kappa shape index (κ2) is 2.88. The van der Waals surface area contributed by atoms with Gasteiger partial charge in [-0.05, 0) is 45.4 Å². The van der Waals surface area contributed by atoms with Gasteiger partial charge in [-0.1, -0.05) is 0 Å². The largest absolute Gasteiger partial charge is 0.469 e. The smallest absolute Gasteiger partial charge is 0.111 e. The van der Waals surface area contributed by atoms with Gasteiger partial charge in [-0.2, -0.15) is 0 Å². The van der Waals surface area contributed by atoms with Crippen LogP contribution in [0.25, 0.3) is 0 Å². The molecule has 1 aromatic heterocycles. The van der Waals surface area contributed by atoms with Crippen molar-refractivity contribution in [3.63, 3.8) is 0 Å². The van der Waals surface area contributed by atoms with Gasteiger partial charge in [0.1, 0.15) is 5.76 Å². The summed E-state index contributed by atoms with van der Waals surface area (Å²) < 4.78 is 5.54. The van der Waals surface area contributed by atoms with Crippen molar-refractivity contribution in [1.82, 2.24) is 5.32 Å². The topological polar surface area (TPSA) is 25.2 Å². The van der Waals surface area contributed by atoms with Crippen molar-refractivity contribution in [2.45, 2.75) is 38.6 Å². The van der Waals surface area contributed by atoms with Crippen LogP contribution in [0.2, 0.25) is 0 Å². The third-order valence-corrected chi connectivity index (χ3v) is 3.10. The number of hydrogen-bond donors (Lipinski definition) is 1. The molecule has 0 amide bonds. The maximum Gasteiger partial charge on any atom is 0.111 e. The van der Waals surface area contributed by atoms with Crippen LogP contribution in [0.3, 0.4) is 0 Å². The molecule has 0 spiro atoms. The van der Waals surface area contributed by atoms with Gasteiger partial charge in [-0.15, -0.1) is 0 Å². The Labute approximate surface area is 79.3 Å². The lowest BCUT2D eigenvalue weighted by atomic mass is 9.86. The summed E-state index contributed by atoms with van der Waals surface area (Å²) in [6.45, 7) is 7.70. The lowest BCUT2D eigenvalue weighted by Crippen LogP contribution is -2.36. The summed E-state index contributed by atoms with van der Waals surface area (Å²) in [6, 6.07) is 2.05. The predicted molar refractivity (Wildman–Crippen MR) is 52.9 cm³/mol. The van der Waals surface area contributed by atoms with Gasteiger partial charge in [0.25, 0.3) is 0 Å². The number of aryl methyl sites for hydroxylation is 1. The molecule has 2 heteroatoms. The highest BCUT2D eigenvalue weighted by molar-refractivity contribution is 5.23. The fourth-order valence-electron chi connectivity index (χ4n) is 2.22. The Bertz CT molecular complexity index is 301. The molecule has 1 aromatic rings. The van der Waals surface area contributed by atoms with Gasteiger partial charge in [0.15, 0.2) is 0 Å². The number of nitrogens with one attached hydrogen (secondary N) is 1. The lowest BCUT2D eigenvalue weighted by molar-refractivity contribution is 0.354. The highest BCUT2D eigenvalue weighted by Crippen LogP contribution is 2.37. The van der Waals surface area contributed by atoms with Crippen molar-refractivity contribution in [3.8, 4) is 0 Å². The Morgan fingerprint density at radius 1 is 1.54 bits per heavy atom. The first-order valence-electron chi connectivity index (χ1n) is 4.90. The molecule has 0 bridgehead atoms. The van der Waals surface area contributed by atoms with E-state index >= 15 is 0 Å². The second-order valence-electron chi connectivity index (χ2n) is 4.46. The van der Waals surface area contributed by atoms with Gasteiger partial charge in [-0.3, -0.25) is 0 Å². The van der Waals surface area contributed by atoms with Crippen molar-refractivity contribution in [2.75, 3.05) is 6.54 Å². The maximum absolute atomic E-state index is 5.54. The van der Waals surface area contributed by atoms with E-state index in [4.69, 9.17) is 4.42 Å². The summed E-state index contributed by atoms with van der Waals surface area (Å²) in [6.07, 6.45) is 2.97. The van der Waals surface area contributed by atoms with E-state index in [1.54, 1.807) is 6.26 Å². The first-order chi connectivity index (χ1) is 6.11. The third kappa shape index (κ3) is 1.39. The van der Waals surface area contributed by atoms with E-state index in [9.17, 15) is 0 Å². The Hall–Kier alpha value is -0.760. The summed E-state index contributed by atoms with van der Waals surface area (Å²) in [7, 11) is 0. The number of furan rings is 1. The molecule has 1 aliphatic rings. The summed E-state index contributed by atoms with van der Waals surface area (Å²) in [4.78, 5) is 0. The van der Waals surface area contributed by atoms with Crippen LogP contribution >= 0.6 is 0 Å². The molecule has 1 fully saturated rings. The van der Waals surface area contributed by atoms with Gasteiger partial charge in [0, 0.05) is 11.5 Å². The van der Waals surface area contributed by atoms with Gasteiger partial charge >= 0.3 is 0 Å². The normalized spacial score (nSPS) is 26.5. The molecule has 1 saturated heterocycles. The quantitative estimate of drug-likeness (QED) is 0.716. The molecular formula is C11H17NO. The summed E-state index contributed by atoms with van der Waals surface area (Å²) in [5.74, 6) is 1.69. The lowest BCUT2D eigenvalue weighted by Gasteiger charge is -2.25. The van der Waals surface area contributed by atoms with Crippen LogP contribution < -0.4 is 5.32 Å². The zero-order valence-electron chi connectivity index (χ0n) is 8.55. The maximum atomic E-state index is 5.54. The minimum absolute atomic E-state index is 0.183. The molecule has 1 atom stereocenters. The molecule has 2 heterocycles. The zero-order valence-corrected chi connectivity index (χ0v) is 8.55. The van der Waals surface area contributed by atoms with Gasteiger partial charge in [0.2, 0.25) is 0 Å². The Kier molecular flexibility index (Phi) is 1.95. The average Bonchev–Trinajstić information content (AvgIpc) is 2.56. The van der Waals surface area contributed by atoms with E-state index < -0.39 is 0 Å². The van der Waals surface area contributed by atoms with Crippen molar-refractivity contribution < 1.29 is 4.42 Å². The van der Waals surface area contributed by atoms with Crippen LogP contribution in [-0.2, 0) is 0 Å². The zero-order chi connectivity index (χ0) is 9.47. The number of hydrogen-bond acceptors (Lipinski definition) is 2. The molecule has 1 unspecified atom stereocenters. The molecular weight excluding hydrogens is 162 g/mol.